The third-order valence-electron chi connectivity index (χ3n) is 3.34. The highest BCUT2D eigenvalue weighted by Gasteiger charge is 2.34. The molecule has 1 aliphatic heterocycles. The van der Waals surface area contributed by atoms with E-state index in [0.29, 0.717) is 11.1 Å². The van der Waals surface area contributed by atoms with E-state index in [0.717, 1.165) is 4.90 Å². The molecule has 23 heavy (non-hydrogen) atoms. The van der Waals surface area contributed by atoms with Gasteiger partial charge in [-0.25, -0.2) is 0 Å². The molecule has 0 bridgehead atoms. The molecule has 7 nitrogen and oxygen atoms in total. The zero-order chi connectivity index (χ0) is 17.0. The summed E-state index contributed by atoms with van der Waals surface area (Å²) in [6, 6.07) is 6.55. The molecule has 0 fully saturated rings. The number of benzene rings is 1. The first-order valence-corrected chi connectivity index (χ1v) is 7.41. The molecular weight excluding hydrogens is 298 g/mol. The molecule has 0 saturated heterocycles. The van der Waals surface area contributed by atoms with Gasteiger partial charge in [-0.2, -0.15) is 0 Å². The van der Waals surface area contributed by atoms with Crippen molar-refractivity contribution in [3.8, 4) is 0 Å². The van der Waals surface area contributed by atoms with Crippen LogP contribution in [0.25, 0.3) is 0 Å². The summed E-state index contributed by atoms with van der Waals surface area (Å²) in [5, 5.41) is 5.11. The van der Waals surface area contributed by atoms with E-state index in [9.17, 15) is 19.2 Å². The van der Waals surface area contributed by atoms with Crippen LogP contribution in [-0.2, 0) is 9.59 Å². The molecule has 0 aromatic heterocycles. The van der Waals surface area contributed by atoms with Gasteiger partial charge in [-0.05, 0) is 26.0 Å². The van der Waals surface area contributed by atoms with Crippen molar-refractivity contribution in [2.75, 3.05) is 13.1 Å². The van der Waals surface area contributed by atoms with E-state index < -0.39 is 11.8 Å². The van der Waals surface area contributed by atoms with Crippen LogP contribution in [0.1, 0.15) is 41.0 Å². The third kappa shape index (κ3) is 3.94. The molecule has 0 radical (unpaired) electrons. The number of amides is 4. The summed E-state index contributed by atoms with van der Waals surface area (Å²) in [5.74, 6) is -1.46. The lowest BCUT2D eigenvalue weighted by Gasteiger charge is -2.13. The zero-order valence-corrected chi connectivity index (χ0v) is 13.1. The zero-order valence-electron chi connectivity index (χ0n) is 13.1. The first-order chi connectivity index (χ1) is 10.9. The van der Waals surface area contributed by atoms with Gasteiger partial charge in [0, 0.05) is 19.0 Å². The smallest absolute Gasteiger partial charge is 0.261 e. The molecule has 0 unspecified atom stereocenters. The maximum Gasteiger partial charge on any atom is 0.261 e. The van der Waals surface area contributed by atoms with Crippen molar-refractivity contribution in [3.63, 3.8) is 0 Å². The summed E-state index contributed by atoms with van der Waals surface area (Å²) in [7, 11) is 0. The molecule has 1 aromatic carbocycles. The average Bonchev–Trinajstić information content (AvgIpc) is 2.75. The minimum Gasteiger partial charge on any atom is -0.352 e. The molecular formula is C16H19N3O4. The Labute approximate surface area is 134 Å². The molecule has 1 aromatic rings. The van der Waals surface area contributed by atoms with Gasteiger partial charge < -0.3 is 10.6 Å². The Bertz CT molecular complexity index is 619. The van der Waals surface area contributed by atoms with E-state index in [-0.39, 0.29) is 37.4 Å². The highest BCUT2D eigenvalue weighted by molar-refractivity contribution is 6.21. The molecule has 1 aliphatic rings. The maximum absolute atomic E-state index is 12.1. The Morgan fingerprint density at radius 2 is 1.61 bits per heavy atom. The number of rotatable bonds is 6. The molecule has 0 aliphatic carbocycles. The monoisotopic (exact) mass is 317 g/mol. The van der Waals surface area contributed by atoms with E-state index in [2.05, 4.69) is 10.6 Å². The Hall–Kier alpha value is -2.70. The number of fused-ring (bicyclic) bond motifs is 1. The van der Waals surface area contributed by atoms with Crippen molar-refractivity contribution in [3.05, 3.63) is 35.4 Å². The maximum atomic E-state index is 12.1. The van der Waals surface area contributed by atoms with Gasteiger partial charge in [0.15, 0.2) is 0 Å². The van der Waals surface area contributed by atoms with E-state index >= 15 is 0 Å². The summed E-state index contributed by atoms with van der Waals surface area (Å²) in [5.41, 5.74) is 0.712. The van der Waals surface area contributed by atoms with Gasteiger partial charge in [-0.1, -0.05) is 12.1 Å². The number of carbonyl (C=O) groups excluding carboxylic acids is 4. The van der Waals surface area contributed by atoms with Crippen molar-refractivity contribution < 1.29 is 19.2 Å². The molecule has 2 rings (SSSR count). The first kappa shape index (κ1) is 16.7. The largest absolute Gasteiger partial charge is 0.352 e. The lowest BCUT2D eigenvalue weighted by molar-refractivity contribution is -0.126. The molecule has 0 atom stereocenters. The number of imide groups is 1. The molecule has 0 saturated carbocycles. The van der Waals surface area contributed by atoms with Crippen molar-refractivity contribution in [1.82, 2.24) is 15.5 Å². The SMILES string of the molecule is CC(C)NC(=O)CNC(=O)CCN1C(=O)c2ccccc2C1=O. The topological polar surface area (TPSA) is 95.6 Å². The second-order valence-corrected chi connectivity index (χ2v) is 5.56. The van der Waals surface area contributed by atoms with Crippen LogP contribution in [0.15, 0.2) is 24.3 Å². The van der Waals surface area contributed by atoms with Crippen molar-refractivity contribution in [2.24, 2.45) is 0 Å². The Morgan fingerprint density at radius 3 is 2.13 bits per heavy atom. The average molecular weight is 317 g/mol. The summed E-state index contributed by atoms with van der Waals surface area (Å²) in [4.78, 5) is 48.4. The van der Waals surface area contributed by atoms with E-state index in [1.165, 1.54) is 0 Å². The van der Waals surface area contributed by atoms with Crippen molar-refractivity contribution >= 4 is 23.6 Å². The molecule has 122 valence electrons. The number of nitrogens with zero attached hydrogens (tertiary/aromatic N) is 1. The lowest BCUT2D eigenvalue weighted by atomic mass is 10.1. The minimum atomic E-state index is -0.393. The van der Waals surface area contributed by atoms with Crippen LogP contribution in [0.5, 0.6) is 0 Å². The fraction of sp³-hybridized carbons (Fsp3) is 0.375. The van der Waals surface area contributed by atoms with Crippen LogP contribution in [0.2, 0.25) is 0 Å². The quantitative estimate of drug-likeness (QED) is 0.738. The van der Waals surface area contributed by atoms with Gasteiger partial charge in [0.05, 0.1) is 17.7 Å². The van der Waals surface area contributed by atoms with Gasteiger partial charge in [0.2, 0.25) is 11.8 Å². The highest BCUT2D eigenvalue weighted by Crippen LogP contribution is 2.22. The Kier molecular flexibility index (Phi) is 5.10. The summed E-state index contributed by atoms with van der Waals surface area (Å²) < 4.78 is 0. The van der Waals surface area contributed by atoms with Crippen LogP contribution in [0, 0.1) is 0 Å². The number of hydrogen-bond acceptors (Lipinski definition) is 4. The molecule has 4 amide bonds. The van der Waals surface area contributed by atoms with Gasteiger partial charge in [-0.15, -0.1) is 0 Å². The van der Waals surface area contributed by atoms with E-state index in [4.69, 9.17) is 0 Å². The number of carbonyl (C=O) groups is 4. The molecule has 1 heterocycles. The predicted octanol–water partition coefficient (Wildman–Crippen LogP) is 0.314. The van der Waals surface area contributed by atoms with Crippen molar-refractivity contribution in [2.45, 2.75) is 26.3 Å². The molecule has 2 N–H and O–H groups in total. The van der Waals surface area contributed by atoms with Crippen LogP contribution in [0.3, 0.4) is 0 Å². The fourth-order valence-electron chi connectivity index (χ4n) is 2.30. The van der Waals surface area contributed by atoms with Gasteiger partial charge >= 0.3 is 0 Å². The summed E-state index contributed by atoms with van der Waals surface area (Å²) in [6.45, 7) is 3.51. The molecule has 7 heteroatoms. The first-order valence-electron chi connectivity index (χ1n) is 7.41. The normalized spacial score (nSPS) is 13.3. The van der Waals surface area contributed by atoms with Crippen LogP contribution in [0.4, 0.5) is 0 Å². The fourth-order valence-corrected chi connectivity index (χ4v) is 2.30. The predicted molar refractivity (Wildman–Crippen MR) is 82.7 cm³/mol. The van der Waals surface area contributed by atoms with Crippen LogP contribution in [-0.4, -0.2) is 47.7 Å². The highest BCUT2D eigenvalue weighted by atomic mass is 16.2. The van der Waals surface area contributed by atoms with Gasteiger partial charge in [0.25, 0.3) is 11.8 Å². The second-order valence-electron chi connectivity index (χ2n) is 5.56. The second kappa shape index (κ2) is 7.04. The number of hydrogen-bond donors (Lipinski definition) is 2. The van der Waals surface area contributed by atoms with Crippen LogP contribution >= 0.6 is 0 Å². The Morgan fingerprint density at radius 1 is 1.04 bits per heavy atom. The van der Waals surface area contributed by atoms with Gasteiger partial charge in [-0.3, -0.25) is 24.1 Å². The van der Waals surface area contributed by atoms with Crippen molar-refractivity contribution in [1.29, 1.82) is 0 Å². The summed E-state index contributed by atoms with van der Waals surface area (Å²) >= 11 is 0. The molecule has 0 spiro atoms. The number of nitrogens with one attached hydrogen (secondary N) is 2. The lowest BCUT2D eigenvalue weighted by Crippen LogP contribution is -2.41. The summed E-state index contributed by atoms with van der Waals surface area (Å²) in [6.07, 6.45) is -0.0412. The minimum absolute atomic E-state index is 0.00208. The van der Waals surface area contributed by atoms with E-state index in [1.807, 2.05) is 13.8 Å². The Balaban J connectivity index is 1.83. The standard InChI is InChI=1S/C16H19N3O4/c1-10(2)18-14(21)9-17-13(20)7-8-19-15(22)11-5-3-4-6-12(11)16(19)23/h3-6,10H,7-9H2,1-2H3,(H,17,20)(H,18,21). The van der Waals surface area contributed by atoms with E-state index in [1.54, 1.807) is 24.3 Å². The van der Waals surface area contributed by atoms with Crippen LogP contribution < -0.4 is 10.6 Å². The third-order valence-corrected chi connectivity index (χ3v) is 3.34. The van der Waals surface area contributed by atoms with Gasteiger partial charge in [0.1, 0.15) is 0 Å².